The molecule has 2 heteroatoms. The first-order valence-corrected chi connectivity index (χ1v) is 20.7. The van der Waals surface area contributed by atoms with Crippen LogP contribution in [-0.4, -0.2) is 19.2 Å². The van der Waals surface area contributed by atoms with Gasteiger partial charge in [-0.15, -0.1) is 0 Å². The van der Waals surface area contributed by atoms with Crippen molar-refractivity contribution in [1.29, 1.82) is 0 Å². The Balaban J connectivity index is 0.000000696. The average molecular weight is 636 g/mol. The molecule has 2 N–H and O–H groups in total. The number of hydrogen-bond donors (Lipinski definition) is 1. The van der Waals surface area contributed by atoms with Crippen LogP contribution in [0, 0.1) is 5.92 Å². The van der Waals surface area contributed by atoms with Crippen LogP contribution in [0.1, 0.15) is 164 Å². The lowest BCUT2D eigenvalue weighted by Gasteiger charge is -2.40. The van der Waals surface area contributed by atoms with Crippen LogP contribution in [0.5, 0.6) is 0 Å². The smallest absolute Gasteiger partial charge is 0.0781 e. The van der Waals surface area contributed by atoms with E-state index in [0.717, 1.165) is 5.92 Å². The first-order valence-electron chi connectivity index (χ1n) is 20.7. The van der Waals surface area contributed by atoms with Gasteiger partial charge in [0.25, 0.3) is 0 Å². The second kappa shape index (κ2) is 33.4. The van der Waals surface area contributed by atoms with E-state index < -0.39 is 0 Å². The molecule has 0 fully saturated rings. The fraction of sp³-hybridized carbons (Fsp3) is 0.727. The SMILES string of the molecule is CCCCCC[NH2+]CC(C)CCC.CCCCC[B-](CCCCC)(CCCCC)CCCCC.c1ccc(-c2ccccc2)cc1. The monoisotopic (exact) mass is 636 g/mol. The molecule has 0 saturated heterocycles. The largest absolute Gasteiger partial charge is 0.346 e. The Morgan fingerprint density at radius 2 is 0.826 bits per heavy atom. The maximum absolute atomic E-state index is 2.50. The third kappa shape index (κ3) is 25.5. The fourth-order valence-corrected chi connectivity index (χ4v) is 7.17. The van der Waals surface area contributed by atoms with Crippen LogP contribution in [0.15, 0.2) is 60.7 Å². The van der Waals surface area contributed by atoms with Crippen LogP contribution < -0.4 is 5.32 Å². The number of unbranched alkanes of at least 4 members (excludes halogenated alkanes) is 11. The zero-order valence-electron chi connectivity index (χ0n) is 32.5. The van der Waals surface area contributed by atoms with Crippen LogP contribution in [0.2, 0.25) is 25.3 Å². The van der Waals surface area contributed by atoms with Gasteiger partial charge in [0, 0.05) is 12.1 Å². The molecule has 2 aromatic carbocycles. The van der Waals surface area contributed by atoms with Gasteiger partial charge in [-0.25, -0.2) is 0 Å². The van der Waals surface area contributed by atoms with E-state index in [1.165, 1.54) is 140 Å². The lowest BCUT2D eigenvalue weighted by Crippen LogP contribution is -2.85. The van der Waals surface area contributed by atoms with Crippen LogP contribution in [-0.2, 0) is 0 Å². The summed E-state index contributed by atoms with van der Waals surface area (Å²) in [6, 6.07) is 20.8. The predicted molar refractivity (Wildman–Crippen MR) is 215 cm³/mol. The van der Waals surface area contributed by atoms with Crippen molar-refractivity contribution in [1.82, 2.24) is 0 Å². The van der Waals surface area contributed by atoms with E-state index in [0.29, 0.717) is 0 Å². The highest BCUT2D eigenvalue weighted by Gasteiger charge is 2.22. The van der Waals surface area contributed by atoms with E-state index in [1.54, 1.807) is 25.3 Å². The molecule has 46 heavy (non-hydrogen) atoms. The first kappa shape index (κ1) is 44.5. The third-order valence-electron chi connectivity index (χ3n) is 10.2. The zero-order chi connectivity index (χ0) is 34.0. The van der Waals surface area contributed by atoms with Crippen molar-refractivity contribution in [2.45, 2.75) is 189 Å². The molecule has 1 unspecified atom stereocenters. The minimum Gasteiger partial charge on any atom is -0.346 e. The van der Waals surface area contributed by atoms with Crippen LogP contribution in [0.25, 0.3) is 11.1 Å². The maximum atomic E-state index is 2.50. The van der Waals surface area contributed by atoms with Crippen molar-refractivity contribution in [3.8, 4) is 11.1 Å². The number of rotatable bonds is 26. The highest BCUT2D eigenvalue weighted by atomic mass is 14.8. The van der Waals surface area contributed by atoms with Crippen LogP contribution in [0.3, 0.4) is 0 Å². The van der Waals surface area contributed by atoms with E-state index >= 15 is 0 Å². The summed E-state index contributed by atoms with van der Waals surface area (Å²) in [6.07, 6.45) is 31.9. The van der Waals surface area contributed by atoms with Crippen molar-refractivity contribution in [2.75, 3.05) is 13.1 Å². The van der Waals surface area contributed by atoms with Gasteiger partial charge in [-0.3, -0.25) is 0 Å². The Bertz CT molecular complexity index is 752. The summed E-state index contributed by atoms with van der Waals surface area (Å²) in [7, 11) is 0. The van der Waals surface area contributed by atoms with Crippen LogP contribution >= 0.6 is 0 Å². The Kier molecular flexibility index (Phi) is 32.3. The number of benzene rings is 2. The maximum Gasteiger partial charge on any atom is 0.0781 e. The second-order valence-corrected chi connectivity index (χ2v) is 14.7. The molecule has 2 aromatic rings. The van der Waals surface area contributed by atoms with Gasteiger partial charge in [0.15, 0.2) is 0 Å². The molecule has 2 rings (SSSR count). The number of nitrogens with two attached hydrogens (primary N) is 1. The highest BCUT2D eigenvalue weighted by Crippen LogP contribution is 2.34. The van der Waals surface area contributed by atoms with Crippen molar-refractivity contribution in [3.63, 3.8) is 0 Å². The molecule has 1 atom stereocenters. The van der Waals surface area contributed by atoms with E-state index in [9.17, 15) is 0 Å². The van der Waals surface area contributed by atoms with Crippen molar-refractivity contribution < 1.29 is 5.32 Å². The molecule has 266 valence electrons. The lowest BCUT2D eigenvalue weighted by molar-refractivity contribution is -0.660. The van der Waals surface area contributed by atoms with Gasteiger partial charge in [0.05, 0.1) is 13.1 Å². The van der Waals surface area contributed by atoms with E-state index in [4.69, 9.17) is 0 Å². The minimum absolute atomic E-state index is 0.0383. The van der Waals surface area contributed by atoms with E-state index in [-0.39, 0.29) is 6.15 Å². The summed E-state index contributed by atoms with van der Waals surface area (Å²) >= 11 is 0. The van der Waals surface area contributed by atoms with Crippen molar-refractivity contribution in [2.24, 2.45) is 5.92 Å². The second-order valence-electron chi connectivity index (χ2n) is 14.7. The summed E-state index contributed by atoms with van der Waals surface area (Å²) in [5, 5.41) is 2.50. The van der Waals surface area contributed by atoms with Gasteiger partial charge in [0.1, 0.15) is 0 Å². The summed E-state index contributed by atoms with van der Waals surface area (Å²) in [4.78, 5) is 0. The fourth-order valence-electron chi connectivity index (χ4n) is 7.17. The Morgan fingerprint density at radius 3 is 1.17 bits per heavy atom. The molecule has 0 saturated carbocycles. The molecule has 0 aromatic heterocycles. The van der Waals surface area contributed by atoms with Crippen molar-refractivity contribution in [3.05, 3.63) is 60.7 Å². The topological polar surface area (TPSA) is 16.6 Å². The molecule has 0 aliphatic carbocycles. The van der Waals surface area contributed by atoms with Crippen LogP contribution in [0.4, 0.5) is 0 Å². The highest BCUT2D eigenvalue weighted by molar-refractivity contribution is 6.79. The van der Waals surface area contributed by atoms with Gasteiger partial charge in [-0.1, -0.05) is 205 Å². The van der Waals surface area contributed by atoms with Gasteiger partial charge >= 0.3 is 0 Å². The molecular weight excluding hydrogens is 553 g/mol. The van der Waals surface area contributed by atoms with Crippen molar-refractivity contribution >= 4 is 6.15 Å². The number of hydrogen-bond acceptors (Lipinski definition) is 0. The Labute approximate surface area is 290 Å². The van der Waals surface area contributed by atoms with Gasteiger partial charge in [-0.05, 0) is 30.4 Å². The van der Waals surface area contributed by atoms with E-state index in [2.05, 4.69) is 102 Å². The third-order valence-corrected chi connectivity index (χ3v) is 10.2. The molecular formula is C44H82BN. The molecule has 0 amide bonds. The molecule has 0 bridgehead atoms. The summed E-state index contributed by atoms with van der Waals surface area (Å²) < 4.78 is 0. The zero-order valence-corrected chi connectivity index (χ0v) is 32.5. The molecule has 0 radical (unpaired) electrons. The minimum atomic E-state index is -0.0383. The quantitative estimate of drug-likeness (QED) is 0.0782. The predicted octanol–water partition coefficient (Wildman–Crippen LogP) is 14.1. The summed E-state index contributed by atoms with van der Waals surface area (Å²) in [5.41, 5.74) is 2.55. The summed E-state index contributed by atoms with van der Waals surface area (Å²) in [6.45, 7) is 19.0. The van der Waals surface area contributed by atoms with Gasteiger partial charge in [-0.2, -0.15) is 25.3 Å². The molecule has 0 aliphatic rings. The number of quaternary nitrogens is 1. The molecule has 0 spiro atoms. The van der Waals surface area contributed by atoms with Gasteiger partial charge in [0.2, 0.25) is 0 Å². The Morgan fingerprint density at radius 1 is 0.457 bits per heavy atom. The summed E-state index contributed by atoms with van der Waals surface area (Å²) in [5.74, 6) is 0.913. The molecule has 0 heterocycles. The van der Waals surface area contributed by atoms with E-state index in [1.807, 2.05) is 12.1 Å². The standard InChI is InChI=1S/C20H44B.C12H27N.C12H10/c1-5-9-13-17-21(18-14-10-6-2,19-15-11-7-3)20-16-12-8-4;1-4-6-7-8-10-13-11-12(3)9-5-2;1-3-7-11(8-4-1)12-9-5-2-6-10-12/h5-20H2,1-4H3;12-13H,4-11H2,1-3H3;1-10H/q-1;;/p+1. The first-order chi connectivity index (χ1) is 22.5. The van der Waals surface area contributed by atoms with Gasteiger partial charge < -0.3 is 5.32 Å². The molecule has 1 nitrogen and oxygen atoms in total. The lowest BCUT2D eigenvalue weighted by atomic mass is 9.17. The Hall–Kier alpha value is -1.54. The average Bonchev–Trinajstić information content (AvgIpc) is 3.08. The normalized spacial score (nSPS) is 11.7. The molecule has 0 aliphatic heterocycles.